The van der Waals surface area contributed by atoms with Gasteiger partial charge < -0.3 is 25.7 Å². The molecule has 27 heavy (non-hydrogen) atoms. The maximum atomic E-state index is 11.0. The zero-order chi connectivity index (χ0) is 19.3. The summed E-state index contributed by atoms with van der Waals surface area (Å²) in [7, 11) is 0. The van der Waals surface area contributed by atoms with Gasteiger partial charge in [-0.15, -0.1) is 0 Å². The molecule has 5 N–H and O–H groups in total. The smallest absolute Gasteiger partial charge is 0.0987 e. The number of fused-ring (bicyclic) bond motifs is 1. The van der Waals surface area contributed by atoms with E-state index in [0.717, 1.165) is 38.8 Å². The van der Waals surface area contributed by atoms with Crippen molar-refractivity contribution in [3.05, 3.63) is 42.0 Å². The predicted octanol–water partition coefficient (Wildman–Crippen LogP) is 1.85. The van der Waals surface area contributed by atoms with Gasteiger partial charge in [0, 0.05) is 12.8 Å². The Morgan fingerprint density at radius 3 is 2.56 bits per heavy atom. The van der Waals surface area contributed by atoms with E-state index in [0.29, 0.717) is 6.42 Å². The Kier molecular flexibility index (Phi) is 6.71. The molecule has 3 rings (SSSR count). The maximum absolute atomic E-state index is 11.0. The van der Waals surface area contributed by atoms with Crippen LogP contribution in [0, 0.1) is 5.92 Å². The molecule has 5 atom stereocenters. The summed E-state index contributed by atoms with van der Waals surface area (Å²) in [5.74, 6) is -0.0237. The molecule has 0 saturated heterocycles. The van der Waals surface area contributed by atoms with Crippen molar-refractivity contribution in [1.29, 1.82) is 0 Å². The first-order chi connectivity index (χ1) is 12.9. The summed E-state index contributed by atoms with van der Waals surface area (Å²) >= 11 is 0. The topological polar surface area (TPSA) is 93.0 Å². The van der Waals surface area contributed by atoms with Crippen LogP contribution in [0.2, 0.25) is 0 Å². The van der Waals surface area contributed by atoms with Crippen LogP contribution in [0.1, 0.15) is 50.5 Å². The van der Waals surface area contributed by atoms with Crippen LogP contribution in [0.25, 0.3) is 6.08 Å². The summed E-state index contributed by atoms with van der Waals surface area (Å²) < 4.78 is 0. The molecule has 0 amide bonds. The molecule has 5 unspecified atom stereocenters. The van der Waals surface area contributed by atoms with Crippen LogP contribution in [-0.4, -0.2) is 56.9 Å². The number of nitrogens with one attached hydrogen (secondary N) is 1. The summed E-state index contributed by atoms with van der Waals surface area (Å²) in [5, 5.41) is 45.0. The van der Waals surface area contributed by atoms with Crippen LogP contribution < -0.4 is 5.32 Å². The summed E-state index contributed by atoms with van der Waals surface area (Å²) in [6.45, 7) is 1.78. The van der Waals surface area contributed by atoms with Crippen molar-refractivity contribution in [3.8, 4) is 0 Å². The minimum absolute atomic E-state index is 0.0237. The van der Waals surface area contributed by atoms with Gasteiger partial charge in [0.1, 0.15) is 0 Å². The lowest BCUT2D eigenvalue weighted by atomic mass is 9.67. The Bertz CT molecular complexity index is 622. The minimum atomic E-state index is -1.27. The highest BCUT2D eigenvalue weighted by Gasteiger charge is 2.62. The van der Waals surface area contributed by atoms with E-state index in [-0.39, 0.29) is 18.8 Å². The Morgan fingerprint density at radius 1 is 1.04 bits per heavy atom. The molecule has 0 spiro atoms. The Morgan fingerprint density at radius 2 is 1.78 bits per heavy atom. The van der Waals surface area contributed by atoms with Crippen molar-refractivity contribution >= 4 is 6.08 Å². The minimum Gasteiger partial charge on any atom is -0.390 e. The Labute approximate surface area is 161 Å². The van der Waals surface area contributed by atoms with E-state index < -0.39 is 23.4 Å². The molecule has 5 nitrogen and oxygen atoms in total. The van der Waals surface area contributed by atoms with Crippen LogP contribution in [0.4, 0.5) is 0 Å². The van der Waals surface area contributed by atoms with Gasteiger partial charge in [-0.25, -0.2) is 0 Å². The third kappa shape index (κ3) is 4.61. The van der Waals surface area contributed by atoms with Gasteiger partial charge in [0.15, 0.2) is 0 Å². The van der Waals surface area contributed by atoms with E-state index in [9.17, 15) is 20.4 Å². The maximum Gasteiger partial charge on any atom is 0.0987 e. The number of aliphatic hydroxyl groups excluding tert-OH is 2. The monoisotopic (exact) mass is 375 g/mol. The first kappa shape index (κ1) is 20.5. The Balaban J connectivity index is 1.35. The molecule has 0 aliphatic heterocycles. The van der Waals surface area contributed by atoms with Crippen molar-refractivity contribution in [1.82, 2.24) is 5.32 Å². The number of hydrogen-bond donors (Lipinski definition) is 5. The van der Waals surface area contributed by atoms with E-state index in [2.05, 4.69) is 29.6 Å². The van der Waals surface area contributed by atoms with Crippen molar-refractivity contribution in [3.63, 3.8) is 0 Å². The van der Waals surface area contributed by atoms with Gasteiger partial charge in [0.25, 0.3) is 0 Å². The lowest BCUT2D eigenvalue weighted by Gasteiger charge is -2.48. The second-order valence-electron chi connectivity index (χ2n) is 8.23. The fraction of sp³-hybridized carbons (Fsp3) is 0.636. The molecule has 0 aromatic heterocycles. The lowest BCUT2D eigenvalue weighted by Crippen LogP contribution is -2.62. The standard InChI is InChI=1S/C22H33NO4/c24-19-15-21(26)12-11-18(22(21,27)16-20(19)25)10-6-14-23-13-5-4-9-17-7-2-1-3-8-17/h1-4,7-9,18-20,23-27H,5-6,10-16H2/b9-4+. The second kappa shape index (κ2) is 8.84. The lowest BCUT2D eigenvalue weighted by molar-refractivity contribution is -0.220. The molecule has 150 valence electrons. The highest BCUT2D eigenvalue weighted by molar-refractivity contribution is 5.48. The highest BCUT2D eigenvalue weighted by Crippen LogP contribution is 2.53. The molecule has 2 aliphatic rings. The van der Waals surface area contributed by atoms with Crippen LogP contribution in [0.15, 0.2) is 36.4 Å². The normalized spacial score (nSPS) is 36.2. The highest BCUT2D eigenvalue weighted by atomic mass is 16.4. The van der Waals surface area contributed by atoms with Crippen LogP contribution in [0.5, 0.6) is 0 Å². The van der Waals surface area contributed by atoms with Crippen molar-refractivity contribution in [2.24, 2.45) is 5.92 Å². The molecule has 0 radical (unpaired) electrons. The largest absolute Gasteiger partial charge is 0.390 e. The number of hydrogen-bond acceptors (Lipinski definition) is 5. The van der Waals surface area contributed by atoms with Gasteiger partial charge in [0.2, 0.25) is 0 Å². The average Bonchev–Trinajstić information content (AvgIpc) is 2.89. The van der Waals surface area contributed by atoms with E-state index in [1.54, 1.807) is 0 Å². The molecule has 2 aliphatic carbocycles. The van der Waals surface area contributed by atoms with Gasteiger partial charge in [-0.3, -0.25) is 0 Å². The molecule has 1 aromatic rings. The molecular formula is C22H33NO4. The van der Waals surface area contributed by atoms with Crippen LogP contribution >= 0.6 is 0 Å². The van der Waals surface area contributed by atoms with E-state index in [4.69, 9.17) is 0 Å². The number of rotatable bonds is 8. The number of aliphatic hydroxyl groups is 4. The van der Waals surface area contributed by atoms with Gasteiger partial charge >= 0.3 is 0 Å². The molecule has 2 saturated carbocycles. The van der Waals surface area contributed by atoms with Gasteiger partial charge in [-0.2, -0.15) is 0 Å². The van der Waals surface area contributed by atoms with Crippen molar-refractivity contribution < 1.29 is 20.4 Å². The summed E-state index contributed by atoms with van der Waals surface area (Å²) in [5.41, 5.74) is -1.32. The molecule has 0 bridgehead atoms. The zero-order valence-corrected chi connectivity index (χ0v) is 15.9. The molecule has 5 heteroatoms. The fourth-order valence-corrected chi connectivity index (χ4v) is 4.77. The van der Waals surface area contributed by atoms with Gasteiger partial charge in [0.05, 0.1) is 23.4 Å². The Hall–Kier alpha value is -1.24. The van der Waals surface area contributed by atoms with Crippen LogP contribution in [-0.2, 0) is 0 Å². The van der Waals surface area contributed by atoms with Crippen LogP contribution in [0.3, 0.4) is 0 Å². The van der Waals surface area contributed by atoms with E-state index >= 15 is 0 Å². The van der Waals surface area contributed by atoms with Crippen molar-refractivity contribution in [2.45, 2.75) is 68.4 Å². The summed E-state index contributed by atoms with van der Waals surface area (Å²) in [6.07, 6.45) is 6.45. The third-order valence-corrected chi connectivity index (χ3v) is 6.40. The molecule has 0 heterocycles. The first-order valence-electron chi connectivity index (χ1n) is 10.2. The summed E-state index contributed by atoms with van der Waals surface area (Å²) in [6, 6.07) is 10.2. The van der Waals surface area contributed by atoms with E-state index in [1.165, 1.54) is 5.56 Å². The van der Waals surface area contributed by atoms with E-state index in [1.807, 2.05) is 18.2 Å². The predicted molar refractivity (Wildman–Crippen MR) is 106 cm³/mol. The van der Waals surface area contributed by atoms with Gasteiger partial charge in [-0.05, 0) is 56.7 Å². The average molecular weight is 376 g/mol. The quantitative estimate of drug-likeness (QED) is 0.447. The molecule has 2 fully saturated rings. The zero-order valence-electron chi connectivity index (χ0n) is 15.9. The SMILES string of the molecule is OC1CC2(O)CCC(CCCNCC/C=C/c3ccccc3)C2(O)CC1O. The summed E-state index contributed by atoms with van der Waals surface area (Å²) in [4.78, 5) is 0. The third-order valence-electron chi connectivity index (χ3n) is 6.40. The fourth-order valence-electron chi connectivity index (χ4n) is 4.77. The van der Waals surface area contributed by atoms with Gasteiger partial charge in [-0.1, -0.05) is 42.5 Å². The van der Waals surface area contributed by atoms with Crippen molar-refractivity contribution in [2.75, 3.05) is 13.1 Å². The first-order valence-corrected chi connectivity index (χ1v) is 10.2. The molecular weight excluding hydrogens is 342 g/mol. The number of benzene rings is 1. The molecule has 1 aromatic carbocycles. The second-order valence-corrected chi connectivity index (χ2v) is 8.23.